The zero-order chi connectivity index (χ0) is 19.6. The lowest BCUT2D eigenvalue weighted by molar-refractivity contribution is -0.188. The second kappa shape index (κ2) is 7.62. The van der Waals surface area contributed by atoms with Gasteiger partial charge < -0.3 is 15.2 Å². The lowest BCUT2D eigenvalue weighted by Gasteiger charge is -2.35. The number of carbonyl (C=O) groups excluding carboxylic acids is 2. The minimum atomic E-state index is -4.32. The summed E-state index contributed by atoms with van der Waals surface area (Å²) in [6, 6.07) is 6.65. The quantitative estimate of drug-likeness (QED) is 0.855. The number of H-pyrrole nitrogens is 1. The van der Waals surface area contributed by atoms with Crippen LogP contribution in [0.5, 0.6) is 0 Å². The van der Waals surface area contributed by atoms with Crippen LogP contribution in [0.15, 0.2) is 30.5 Å². The Bertz CT molecular complexity index is 831. The van der Waals surface area contributed by atoms with E-state index in [0.717, 1.165) is 16.5 Å². The van der Waals surface area contributed by atoms with Crippen LogP contribution in [0.1, 0.15) is 25.3 Å². The molecule has 1 aromatic carbocycles. The van der Waals surface area contributed by atoms with E-state index in [9.17, 15) is 22.8 Å². The number of fused-ring (bicyclic) bond motifs is 1. The molecule has 2 aromatic rings. The molecule has 146 valence electrons. The van der Waals surface area contributed by atoms with Gasteiger partial charge in [-0.15, -0.1) is 0 Å². The summed E-state index contributed by atoms with van der Waals surface area (Å²) in [4.78, 5) is 28.8. The topological polar surface area (TPSA) is 65.2 Å². The summed E-state index contributed by atoms with van der Waals surface area (Å²) in [7, 11) is 0. The van der Waals surface area contributed by atoms with Gasteiger partial charge in [0.05, 0.1) is 5.92 Å². The molecule has 0 aliphatic carbocycles. The van der Waals surface area contributed by atoms with Crippen molar-refractivity contribution in [1.29, 1.82) is 0 Å². The molecule has 1 fully saturated rings. The van der Waals surface area contributed by atoms with Crippen LogP contribution in [0.25, 0.3) is 10.9 Å². The van der Waals surface area contributed by atoms with Crippen molar-refractivity contribution < 1.29 is 22.8 Å². The predicted octanol–water partition coefficient (Wildman–Crippen LogP) is 3.02. The molecule has 5 nitrogen and oxygen atoms in total. The molecule has 1 saturated heterocycles. The second-order valence-electron chi connectivity index (χ2n) is 6.98. The molecule has 0 spiro atoms. The van der Waals surface area contributed by atoms with Gasteiger partial charge in [0.1, 0.15) is 6.04 Å². The Hall–Kier alpha value is -2.51. The van der Waals surface area contributed by atoms with Gasteiger partial charge >= 0.3 is 6.18 Å². The molecule has 3 rings (SSSR count). The average molecular weight is 381 g/mol. The number of hydrogen-bond donors (Lipinski definition) is 2. The molecule has 27 heavy (non-hydrogen) atoms. The number of hydrogen-bond acceptors (Lipinski definition) is 2. The van der Waals surface area contributed by atoms with Crippen molar-refractivity contribution in [3.8, 4) is 0 Å². The van der Waals surface area contributed by atoms with Crippen molar-refractivity contribution in [3.63, 3.8) is 0 Å². The number of carbonyl (C=O) groups is 2. The SMILES string of the molecule is CC(=O)N[C@@H](Cc1c[nH]c2ccccc12)C(=O)N1CCC[C@@H](C(F)(F)F)C1. The van der Waals surface area contributed by atoms with Crippen LogP contribution in [-0.4, -0.2) is 47.0 Å². The molecule has 0 radical (unpaired) electrons. The molecule has 0 unspecified atom stereocenters. The van der Waals surface area contributed by atoms with Gasteiger partial charge in [0.15, 0.2) is 0 Å². The van der Waals surface area contributed by atoms with E-state index in [1.165, 1.54) is 11.8 Å². The van der Waals surface area contributed by atoms with Crippen molar-refractivity contribution in [1.82, 2.24) is 15.2 Å². The zero-order valence-corrected chi connectivity index (χ0v) is 15.0. The predicted molar refractivity (Wildman–Crippen MR) is 95.0 cm³/mol. The summed E-state index contributed by atoms with van der Waals surface area (Å²) in [5, 5.41) is 3.53. The molecule has 2 amide bonds. The van der Waals surface area contributed by atoms with E-state index in [1.54, 1.807) is 6.20 Å². The average Bonchev–Trinajstić information content (AvgIpc) is 3.03. The Labute approximate surface area is 154 Å². The fraction of sp³-hybridized carbons (Fsp3) is 0.474. The van der Waals surface area contributed by atoms with Gasteiger partial charge in [-0.05, 0) is 24.5 Å². The van der Waals surface area contributed by atoms with E-state index in [1.807, 2.05) is 24.3 Å². The first-order valence-electron chi connectivity index (χ1n) is 8.93. The molecule has 2 N–H and O–H groups in total. The maximum Gasteiger partial charge on any atom is 0.393 e. The Kier molecular flexibility index (Phi) is 5.43. The van der Waals surface area contributed by atoms with Crippen LogP contribution >= 0.6 is 0 Å². The fourth-order valence-electron chi connectivity index (χ4n) is 3.63. The van der Waals surface area contributed by atoms with Crippen LogP contribution < -0.4 is 5.32 Å². The fourth-order valence-corrected chi connectivity index (χ4v) is 3.63. The highest BCUT2D eigenvalue weighted by molar-refractivity contribution is 5.89. The third-order valence-electron chi connectivity index (χ3n) is 4.97. The van der Waals surface area contributed by atoms with E-state index in [2.05, 4.69) is 10.3 Å². The highest BCUT2D eigenvalue weighted by Crippen LogP contribution is 2.33. The molecule has 1 aromatic heterocycles. The van der Waals surface area contributed by atoms with Gasteiger partial charge in [-0.3, -0.25) is 9.59 Å². The van der Waals surface area contributed by atoms with Crippen molar-refractivity contribution in [2.45, 2.75) is 38.4 Å². The van der Waals surface area contributed by atoms with Gasteiger partial charge in [0, 0.05) is 43.5 Å². The number of para-hydroxylation sites is 1. The van der Waals surface area contributed by atoms with Crippen molar-refractivity contribution in [2.24, 2.45) is 5.92 Å². The molecule has 1 aliphatic rings. The molecule has 2 atom stereocenters. The maximum atomic E-state index is 13.1. The van der Waals surface area contributed by atoms with Crippen LogP contribution in [0.4, 0.5) is 13.2 Å². The minimum Gasteiger partial charge on any atom is -0.361 e. The number of aromatic nitrogens is 1. The standard InChI is InChI=1S/C19H22F3N3O2/c1-12(26)24-17(9-13-10-23-16-7-3-2-6-15(13)16)18(27)25-8-4-5-14(11-25)19(20,21)22/h2-3,6-7,10,14,17,23H,4-5,8-9,11H2,1H3,(H,24,26)/t14-,17+/m1/s1. The highest BCUT2D eigenvalue weighted by Gasteiger charge is 2.43. The summed E-state index contributed by atoms with van der Waals surface area (Å²) < 4.78 is 39.2. The first-order chi connectivity index (χ1) is 12.8. The Morgan fingerprint density at radius 2 is 2.07 bits per heavy atom. The highest BCUT2D eigenvalue weighted by atomic mass is 19.4. The number of nitrogens with one attached hydrogen (secondary N) is 2. The molecule has 0 bridgehead atoms. The lowest BCUT2D eigenvalue weighted by atomic mass is 9.96. The van der Waals surface area contributed by atoms with Crippen LogP contribution in [0, 0.1) is 5.92 Å². The molecule has 0 saturated carbocycles. The third-order valence-corrected chi connectivity index (χ3v) is 4.97. The Morgan fingerprint density at radius 1 is 1.33 bits per heavy atom. The van der Waals surface area contributed by atoms with Gasteiger partial charge in [0.2, 0.25) is 11.8 Å². The van der Waals surface area contributed by atoms with E-state index in [-0.39, 0.29) is 25.9 Å². The van der Waals surface area contributed by atoms with Crippen LogP contribution in [0.2, 0.25) is 0 Å². The summed E-state index contributed by atoms with van der Waals surface area (Å²) in [6.45, 7) is 1.21. The zero-order valence-electron chi connectivity index (χ0n) is 15.0. The van der Waals surface area contributed by atoms with E-state index >= 15 is 0 Å². The molecule has 8 heteroatoms. The number of likely N-dealkylation sites (tertiary alicyclic amines) is 1. The molecular weight excluding hydrogens is 359 g/mol. The maximum absolute atomic E-state index is 13.1. The third kappa shape index (κ3) is 4.43. The molecule has 1 aliphatic heterocycles. The number of amides is 2. The van der Waals surface area contributed by atoms with Crippen LogP contribution in [-0.2, 0) is 16.0 Å². The number of nitrogens with zero attached hydrogens (tertiary/aromatic N) is 1. The molecular formula is C19H22F3N3O2. The van der Waals surface area contributed by atoms with Crippen molar-refractivity contribution in [3.05, 3.63) is 36.0 Å². The molecule has 2 heterocycles. The first-order valence-corrected chi connectivity index (χ1v) is 8.93. The monoisotopic (exact) mass is 381 g/mol. The lowest BCUT2D eigenvalue weighted by Crippen LogP contribution is -2.53. The summed E-state index contributed by atoms with van der Waals surface area (Å²) in [6.07, 6.45) is -2.01. The normalized spacial score (nSPS) is 19.1. The van der Waals surface area contributed by atoms with Crippen molar-refractivity contribution in [2.75, 3.05) is 13.1 Å². The van der Waals surface area contributed by atoms with Gasteiger partial charge in [0.25, 0.3) is 0 Å². The number of benzene rings is 1. The number of alkyl halides is 3. The van der Waals surface area contributed by atoms with E-state index in [0.29, 0.717) is 6.42 Å². The Morgan fingerprint density at radius 3 is 2.78 bits per heavy atom. The summed E-state index contributed by atoms with van der Waals surface area (Å²) >= 11 is 0. The van der Waals surface area contributed by atoms with E-state index in [4.69, 9.17) is 0 Å². The largest absolute Gasteiger partial charge is 0.393 e. The number of aromatic amines is 1. The smallest absolute Gasteiger partial charge is 0.361 e. The first kappa shape index (κ1) is 19.3. The van der Waals surface area contributed by atoms with Crippen molar-refractivity contribution >= 4 is 22.7 Å². The second-order valence-corrected chi connectivity index (χ2v) is 6.98. The number of piperidine rings is 1. The van der Waals surface area contributed by atoms with Gasteiger partial charge in [-0.25, -0.2) is 0 Å². The van der Waals surface area contributed by atoms with Gasteiger partial charge in [-0.2, -0.15) is 13.2 Å². The van der Waals surface area contributed by atoms with E-state index < -0.39 is 30.0 Å². The number of rotatable bonds is 4. The summed E-state index contributed by atoms with van der Waals surface area (Å²) in [5.41, 5.74) is 1.73. The number of halogens is 3. The Balaban J connectivity index is 1.79. The summed E-state index contributed by atoms with van der Waals surface area (Å²) in [5.74, 6) is -2.37. The minimum absolute atomic E-state index is 0.0283. The van der Waals surface area contributed by atoms with Gasteiger partial charge in [-0.1, -0.05) is 18.2 Å². The van der Waals surface area contributed by atoms with Crippen LogP contribution in [0.3, 0.4) is 0 Å².